The van der Waals surface area contributed by atoms with Gasteiger partial charge in [-0.15, -0.1) is 0 Å². The molecule has 1 atom stereocenters. The van der Waals surface area contributed by atoms with Crippen LogP contribution in [0.4, 0.5) is 0 Å². The molecule has 1 aliphatic heterocycles. The number of aliphatic hydroxyl groups excluding tert-OH is 1. The maximum atomic E-state index is 10.2. The van der Waals surface area contributed by atoms with Gasteiger partial charge in [0.15, 0.2) is 0 Å². The molecule has 1 heterocycles. The standard InChI is InChI=1S/C11H8O3/c12-9-5-6-10-11(9,13)7-3-1-2-4-8(7)14-10/h1-6,12-13H. The van der Waals surface area contributed by atoms with Crippen molar-refractivity contribution in [3.8, 4) is 5.75 Å². The smallest absolute Gasteiger partial charge is 0.208 e. The van der Waals surface area contributed by atoms with Crippen LogP contribution in [0, 0.1) is 0 Å². The van der Waals surface area contributed by atoms with Crippen LogP contribution in [0.15, 0.2) is 47.9 Å². The maximum absolute atomic E-state index is 10.2. The van der Waals surface area contributed by atoms with E-state index in [1.54, 1.807) is 24.3 Å². The van der Waals surface area contributed by atoms with E-state index in [0.717, 1.165) is 0 Å². The minimum Gasteiger partial charge on any atom is -0.508 e. The largest absolute Gasteiger partial charge is 0.508 e. The highest BCUT2D eigenvalue weighted by atomic mass is 16.5. The van der Waals surface area contributed by atoms with Gasteiger partial charge in [0, 0.05) is 5.56 Å². The molecule has 0 amide bonds. The van der Waals surface area contributed by atoms with E-state index >= 15 is 0 Å². The molecule has 0 radical (unpaired) electrons. The fourth-order valence-corrected chi connectivity index (χ4v) is 1.87. The average molecular weight is 188 g/mol. The lowest BCUT2D eigenvalue weighted by molar-refractivity contribution is 0.0583. The number of rotatable bonds is 0. The Bertz CT molecular complexity index is 473. The van der Waals surface area contributed by atoms with Crippen molar-refractivity contribution < 1.29 is 14.9 Å². The van der Waals surface area contributed by atoms with Gasteiger partial charge >= 0.3 is 0 Å². The summed E-state index contributed by atoms with van der Waals surface area (Å²) < 4.78 is 5.40. The Hall–Kier alpha value is -1.74. The molecule has 1 aromatic carbocycles. The van der Waals surface area contributed by atoms with E-state index in [9.17, 15) is 10.2 Å². The molecule has 1 aliphatic carbocycles. The molecule has 1 unspecified atom stereocenters. The molecule has 0 saturated heterocycles. The number of fused-ring (bicyclic) bond motifs is 3. The molecule has 0 fully saturated rings. The minimum absolute atomic E-state index is 0.0857. The first-order valence-electron chi connectivity index (χ1n) is 4.34. The Morgan fingerprint density at radius 1 is 1.14 bits per heavy atom. The Morgan fingerprint density at radius 2 is 1.93 bits per heavy atom. The van der Waals surface area contributed by atoms with Crippen LogP contribution in [0.2, 0.25) is 0 Å². The monoisotopic (exact) mass is 188 g/mol. The van der Waals surface area contributed by atoms with Crippen LogP contribution in [0.1, 0.15) is 5.56 Å². The zero-order valence-electron chi connectivity index (χ0n) is 7.27. The van der Waals surface area contributed by atoms with Gasteiger partial charge in [-0.25, -0.2) is 0 Å². The SMILES string of the molecule is OC1=CC=C2Oc3ccccc3C12O. The zero-order chi connectivity index (χ0) is 9.76. The normalized spacial score (nSPS) is 27.5. The Balaban J connectivity index is 2.29. The molecule has 2 aliphatic rings. The van der Waals surface area contributed by atoms with Crippen molar-refractivity contribution in [2.24, 2.45) is 0 Å². The average Bonchev–Trinajstić information content (AvgIpc) is 2.63. The van der Waals surface area contributed by atoms with Crippen LogP contribution in [-0.4, -0.2) is 10.2 Å². The second kappa shape index (κ2) is 2.19. The highest BCUT2D eigenvalue weighted by Gasteiger charge is 2.49. The quantitative estimate of drug-likeness (QED) is 0.650. The van der Waals surface area contributed by atoms with Crippen molar-refractivity contribution in [3.05, 3.63) is 53.5 Å². The zero-order valence-corrected chi connectivity index (χ0v) is 7.27. The van der Waals surface area contributed by atoms with Crippen molar-refractivity contribution in [2.45, 2.75) is 5.60 Å². The van der Waals surface area contributed by atoms with Gasteiger partial charge < -0.3 is 14.9 Å². The molecule has 70 valence electrons. The summed E-state index contributed by atoms with van der Waals surface area (Å²) in [5.74, 6) is 0.884. The molecule has 2 N–H and O–H groups in total. The third kappa shape index (κ3) is 0.669. The van der Waals surface area contributed by atoms with Crippen molar-refractivity contribution in [1.29, 1.82) is 0 Å². The number of hydrogen-bond donors (Lipinski definition) is 2. The molecular weight excluding hydrogens is 180 g/mol. The summed E-state index contributed by atoms with van der Waals surface area (Å²) in [7, 11) is 0. The molecule has 0 spiro atoms. The summed E-state index contributed by atoms with van der Waals surface area (Å²) in [4.78, 5) is 0. The fourth-order valence-electron chi connectivity index (χ4n) is 1.87. The van der Waals surface area contributed by atoms with E-state index in [1.807, 2.05) is 6.07 Å². The first-order chi connectivity index (χ1) is 6.73. The maximum Gasteiger partial charge on any atom is 0.208 e. The number of ether oxygens (including phenoxy) is 1. The van der Waals surface area contributed by atoms with E-state index in [2.05, 4.69) is 0 Å². The topological polar surface area (TPSA) is 49.7 Å². The van der Waals surface area contributed by atoms with Crippen LogP contribution in [0.5, 0.6) is 5.75 Å². The van der Waals surface area contributed by atoms with Gasteiger partial charge in [0.1, 0.15) is 17.3 Å². The highest BCUT2D eigenvalue weighted by Crippen LogP contribution is 2.49. The summed E-state index contributed by atoms with van der Waals surface area (Å²) in [6.07, 6.45) is 3.03. The summed E-state index contributed by atoms with van der Waals surface area (Å²) in [5, 5.41) is 19.8. The lowest BCUT2D eigenvalue weighted by Crippen LogP contribution is -2.25. The minimum atomic E-state index is -1.45. The van der Waals surface area contributed by atoms with Gasteiger partial charge in [-0.2, -0.15) is 0 Å². The number of para-hydroxylation sites is 1. The molecule has 0 bridgehead atoms. The Morgan fingerprint density at radius 3 is 2.79 bits per heavy atom. The summed E-state index contributed by atoms with van der Waals surface area (Å²) >= 11 is 0. The van der Waals surface area contributed by atoms with Crippen molar-refractivity contribution >= 4 is 0 Å². The second-order valence-corrected chi connectivity index (χ2v) is 3.39. The van der Waals surface area contributed by atoms with Gasteiger partial charge in [0.05, 0.1) is 0 Å². The second-order valence-electron chi connectivity index (χ2n) is 3.39. The molecule has 14 heavy (non-hydrogen) atoms. The first-order valence-corrected chi connectivity index (χ1v) is 4.34. The lowest BCUT2D eigenvalue weighted by atomic mass is 9.94. The van der Waals surface area contributed by atoms with Crippen LogP contribution in [-0.2, 0) is 5.60 Å². The number of allylic oxidation sites excluding steroid dienone is 2. The molecule has 3 rings (SSSR count). The lowest BCUT2D eigenvalue weighted by Gasteiger charge is -2.18. The van der Waals surface area contributed by atoms with Gasteiger partial charge in [-0.05, 0) is 18.2 Å². The van der Waals surface area contributed by atoms with Gasteiger partial charge in [-0.3, -0.25) is 0 Å². The first kappa shape index (κ1) is 7.64. The molecule has 0 saturated carbocycles. The molecule has 3 heteroatoms. The Kier molecular flexibility index (Phi) is 1.20. The summed E-state index contributed by atoms with van der Waals surface area (Å²) in [5.41, 5.74) is -0.853. The van der Waals surface area contributed by atoms with Crippen molar-refractivity contribution in [2.75, 3.05) is 0 Å². The fraction of sp³-hybridized carbons (Fsp3) is 0.0909. The molecule has 0 aromatic heterocycles. The van der Waals surface area contributed by atoms with E-state index in [1.165, 1.54) is 6.08 Å². The third-order valence-electron chi connectivity index (χ3n) is 2.62. The van der Waals surface area contributed by atoms with Crippen LogP contribution >= 0.6 is 0 Å². The summed E-state index contributed by atoms with van der Waals surface area (Å²) in [6.45, 7) is 0. The number of aliphatic hydroxyl groups is 2. The molecular formula is C11H8O3. The predicted octanol–water partition coefficient (Wildman–Crippen LogP) is 1.61. The Labute approximate surface area is 80.6 Å². The van der Waals surface area contributed by atoms with E-state index in [0.29, 0.717) is 17.1 Å². The van der Waals surface area contributed by atoms with Crippen molar-refractivity contribution in [3.63, 3.8) is 0 Å². The van der Waals surface area contributed by atoms with Crippen LogP contribution < -0.4 is 4.74 Å². The third-order valence-corrected chi connectivity index (χ3v) is 2.62. The molecule has 3 nitrogen and oxygen atoms in total. The van der Waals surface area contributed by atoms with E-state index < -0.39 is 5.60 Å². The van der Waals surface area contributed by atoms with Gasteiger partial charge in [0.2, 0.25) is 5.60 Å². The van der Waals surface area contributed by atoms with Crippen molar-refractivity contribution in [1.82, 2.24) is 0 Å². The van der Waals surface area contributed by atoms with E-state index in [-0.39, 0.29) is 5.76 Å². The molecule has 1 aromatic rings. The van der Waals surface area contributed by atoms with E-state index in [4.69, 9.17) is 4.74 Å². The number of hydrogen-bond acceptors (Lipinski definition) is 3. The predicted molar refractivity (Wildman–Crippen MR) is 49.8 cm³/mol. The van der Waals surface area contributed by atoms with Crippen LogP contribution in [0.25, 0.3) is 0 Å². The summed E-state index contributed by atoms with van der Waals surface area (Å²) in [6, 6.07) is 7.13. The highest BCUT2D eigenvalue weighted by molar-refractivity contribution is 5.56. The van der Waals surface area contributed by atoms with Gasteiger partial charge in [0.25, 0.3) is 0 Å². The number of benzene rings is 1. The van der Waals surface area contributed by atoms with Crippen LogP contribution in [0.3, 0.4) is 0 Å². The van der Waals surface area contributed by atoms with Gasteiger partial charge in [-0.1, -0.05) is 18.2 Å².